The Labute approximate surface area is 203 Å². The Hall–Kier alpha value is -2.61. The molecular weight excluding hydrogens is 434 g/mol. The van der Waals surface area contributed by atoms with Crippen LogP contribution in [0.5, 0.6) is 0 Å². The second-order valence-electron chi connectivity index (χ2n) is 9.96. The lowest BCUT2D eigenvalue weighted by atomic mass is 9.94. The molecule has 8 heteroatoms. The van der Waals surface area contributed by atoms with Gasteiger partial charge >= 0.3 is 6.09 Å². The van der Waals surface area contributed by atoms with E-state index in [2.05, 4.69) is 10.6 Å². The lowest BCUT2D eigenvalue weighted by Gasteiger charge is -2.34. The van der Waals surface area contributed by atoms with Crippen LogP contribution in [0, 0.1) is 0 Å². The Morgan fingerprint density at radius 2 is 1.74 bits per heavy atom. The van der Waals surface area contributed by atoms with Crippen molar-refractivity contribution in [2.45, 2.75) is 96.9 Å². The van der Waals surface area contributed by atoms with Gasteiger partial charge in [0.25, 0.3) is 0 Å². The number of nitrogens with one attached hydrogen (secondary N) is 2. The molecule has 0 saturated heterocycles. The second-order valence-corrected chi connectivity index (χ2v) is 9.96. The summed E-state index contributed by atoms with van der Waals surface area (Å²) in [6.07, 6.45) is 5.27. The Morgan fingerprint density at radius 3 is 2.26 bits per heavy atom. The van der Waals surface area contributed by atoms with Gasteiger partial charge in [-0.25, -0.2) is 4.79 Å². The number of amides is 3. The van der Waals surface area contributed by atoms with Crippen LogP contribution in [0.25, 0.3) is 0 Å². The van der Waals surface area contributed by atoms with Crippen LogP contribution in [0.2, 0.25) is 0 Å². The number of carbonyl (C=O) groups is 3. The van der Waals surface area contributed by atoms with Gasteiger partial charge in [0.2, 0.25) is 11.8 Å². The molecular formula is C26H41N3O5. The van der Waals surface area contributed by atoms with Crippen molar-refractivity contribution in [2.24, 2.45) is 0 Å². The van der Waals surface area contributed by atoms with E-state index in [-0.39, 0.29) is 25.1 Å². The van der Waals surface area contributed by atoms with Gasteiger partial charge in [-0.15, -0.1) is 0 Å². The number of hydrogen-bond donors (Lipinski definition) is 3. The first-order valence-corrected chi connectivity index (χ1v) is 12.4. The minimum atomic E-state index is -0.943. The molecule has 0 aliphatic heterocycles. The molecule has 3 N–H and O–H groups in total. The summed E-state index contributed by atoms with van der Waals surface area (Å²) < 4.78 is 5.27. The first-order chi connectivity index (χ1) is 16.1. The van der Waals surface area contributed by atoms with Gasteiger partial charge in [0, 0.05) is 12.6 Å². The average Bonchev–Trinajstić information content (AvgIpc) is 2.78. The van der Waals surface area contributed by atoms with Gasteiger partial charge in [0.05, 0.1) is 6.61 Å². The third-order valence-corrected chi connectivity index (χ3v) is 5.94. The summed E-state index contributed by atoms with van der Waals surface area (Å²) in [4.78, 5) is 40.5. The third-order valence-electron chi connectivity index (χ3n) is 5.94. The molecule has 2 atom stereocenters. The van der Waals surface area contributed by atoms with Crippen molar-refractivity contribution in [3.63, 3.8) is 0 Å². The molecule has 190 valence electrons. The summed E-state index contributed by atoms with van der Waals surface area (Å²) >= 11 is 0. The van der Waals surface area contributed by atoms with E-state index in [0.29, 0.717) is 5.56 Å². The topological polar surface area (TPSA) is 108 Å². The predicted molar refractivity (Wildman–Crippen MR) is 131 cm³/mol. The highest BCUT2D eigenvalue weighted by atomic mass is 16.6. The molecule has 0 bridgehead atoms. The number of rotatable bonds is 9. The molecule has 0 radical (unpaired) electrons. The molecule has 0 heterocycles. The molecule has 1 saturated carbocycles. The fourth-order valence-electron chi connectivity index (χ4n) is 4.20. The van der Waals surface area contributed by atoms with Crippen molar-refractivity contribution in [2.75, 3.05) is 13.2 Å². The van der Waals surface area contributed by atoms with E-state index >= 15 is 0 Å². The normalized spacial score (nSPS) is 16.3. The standard InChI is InChI=1S/C26H41N3O5/c1-6-19-12-14-20(15-13-19)22(23(31)28-21-10-8-7-9-11-21)29(16-17-30)24(32)18(2)27-25(33)34-26(3,4)5/h12-15,18,21-22,30H,6-11,16-17H2,1-5H3,(H,27,33)(H,28,31). The fourth-order valence-corrected chi connectivity index (χ4v) is 4.20. The van der Waals surface area contributed by atoms with Crippen molar-refractivity contribution >= 4 is 17.9 Å². The number of carbonyl (C=O) groups excluding carboxylic acids is 3. The van der Waals surface area contributed by atoms with Crippen LogP contribution in [-0.2, 0) is 20.7 Å². The SMILES string of the molecule is CCc1ccc(C(C(=O)NC2CCCCC2)N(CCO)C(=O)C(C)NC(=O)OC(C)(C)C)cc1. The van der Waals surface area contributed by atoms with Crippen LogP contribution < -0.4 is 10.6 Å². The van der Waals surface area contributed by atoms with Crippen molar-refractivity contribution < 1.29 is 24.2 Å². The van der Waals surface area contributed by atoms with Crippen molar-refractivity contribution in [1.82, 2.24) is 15.5 Å². The minimum absolute atomic E-state index is 0.0442. The first kappa shape index (κ1) is 27.6. The highest BCUT2D eigenvalue weighted by Crippen LogP contribution is 2.25. The van der Waals surface area contributed by atoms with E-state index in [9.17, 15) is 19.5 Å². The van der Waals surface area contributed by atoms with Gasteiger partial charge in [0.1, 0.15) is 17.7 Å². The Kier molecular flexibility index (Phi) is 10.4. The molecule has 0 aromatic heterocycles. The van der Waals surface area contributed by atoms with E-state index in [4.69, 9.17) is 4.74 Å². The van der Waals surface area contributed by atoms with Gasteiger partial charge in [-0.3, -0.25) is 9.59 Å². The molecule has 34 heavy (non-hydrogen) atoms. The van der Waals surface area contributed by atoms with Gasteiger partial charge in [0.15, 0.2) is 0 Å². The monoisotopic (exact) mass is 475 g/mol. The maximum Gasteiger partial charge on any atom is 0.408 e. The molecule has 1 aromatic rings. The molecule has 8 nitrogen and oxygen atoms in total. The molecule has 1 aliphatic rings. The van der Waals surface area contributed by atoms with E-state index in [0.717, 1.165) is 44.1 Å². The fraction of sp³-hybridized carbons (Fsp3) is 0.654. The van der Waals surface area contributed by atoms with Gasteiger partial charge in [-0.05, 0) is 58.1 Å². The summed E-state index contributed by atoms with van der Waals surface area (Å²) in [6, 6.07) is 5.81. The van der Waals surface area contributed by atoms with Gasteiger partial charge in [-0.2, -0.15) is 0 Å². The third kappa shape index (κ3) is 8.31. The summed E-state index contributed by atoms with van der Waals surface area (Å²) in [7, 11) is 0. The summed E-state index contributed by atoms with van der Waals surface area (Å²) in [5, 5.41) is 15.4. The van der Waals surface area contributed by atoms with Crippen LogP contribution in [0.1, 0.15) is 83.9 Å². The quantitative estimate of drug-likeness (QED) is 0.507. The first-order valence-electron chi connectivity index (χ1n) is 12.4. The molecule has 1 aromatic carbocycles. The van der Waals surface area contributed by atoms with Gasteiger partial charge in [-0.1, -0.05) is 50.5 Å². The van der Waals surface area contributed by atoms with Crippen molar-refractivity contribution in [3.8, 4) is 0 Å². The van der Waals surface area contributed by atoms with Crippen LogP contribution in [0.3, 0.4) is 0 Å². The Bertz CT molecular complexity index is 813. The Balaban J connectivity index is 2.30. The number of aliphatic hydroxyl groups excluding tert-OH is 1. The maximum atomic E-state index is 13.5. The summed E-state index contributed by atoms with van der Waals surface area (Å²) in [6.45, 7) is 8.46. The summed E-state index contributed by atoms with van der Waals surface area (Å²) in [5.74, 6) is -0.745. The zero-order chi connectivity index (χ0) is 25.3. The minimum Gasteiger partial charge on any atom is -0.444 e. The number of nitrogens with zero attached hydrogens (tertiary/aromatic N) is 1. The molecule has 2 unspecified atom stereocenters. The largest absolute Gasteiger partial charge is 0.444 e. The van der Waals surface area contributed by atoms with Crippen LogP contribution in [-0.4, -0.2) is 58.8 Å². The van der Waals surface area contributed by atoms with Gasteiger partial charge < -0.3 is 25.4 Å². The van der Waals surface area contributed by atoms with Crippen LogP contribution >= 0.6 is 0 Å². The highest BCUT2D eigenvalue weighted by molar-refractivity contribution is 5.92. The van der Waals surface area contributed by atoms with E-state index in [1.807, 2.05) is 31.2 Å². The molecule has 1 fully saturated rings. The number of ether oxygens (including phenoxy) is 1. The zero-order valence-corrected chi connectivity index (χ0v) is 21.2. The van der Waals surface area contributed by atoms with Crippen molar-refractivity contribution in [1.29, 1.82) is 0 Å². The predicted octanol–water partition coefficient (Wildman–Crippen LogP) is 3.47. The smallest absolute Gasteiger partial charge is 0.408 e. The second kappa shape index (κ2) is 12.7. The van der Waals surface area contributed by atoms with Crippen LogP contribution in [0.4, 0.5) is 4.79 Å². The maximum absolute atomic E-state index is 13.5. The zero-order valence-electron chi connectivity index (χ0n) is 21.2. The molecule has 2 rings (SSSR count). The lowest BCUT2D eigenvalue weighted by molar-refractivity contribution is -0.143. The number of aryl methyl sites for hydroxylation is 1. The summed E-state index contributed by atoms with van der Waals surface area (Å²) in [5.41, 5.74) is 1.08. The molecule has 0 spiro atoms. The van der Waals surface area contributed by atoms with E-state index in [1.165, 1.54) is 4.90 Å². The molecule has 3 amide bonds. The lowest BCUT2D eigenvalue weighted by Crippen LogP contribution is -2.53. The number of aliphatic hydroxyl groups is 1. The Morgan fingerprint density at radius 1 is 1.12 bits per heavy atom. The number of benzene rings is 1. The number of alkyl carbamates (subject to hydrolysis) is 1. The highest BCUT2D eigenvalue weighted by Gasteiger charge is 2.35. The average molecular weight is 476 g/mol. The van der Waals surface area contributed by atoms with E-state index < -0.39 is 29.7 Å². The van der Waals surface area contributed by atoms with Crippen molar-refractivity contribution in [3.05, 3.63) is 35.4 Å². The van der Waals surface area contributed by atoms with E-state index in [1.54, 1.807) is 27.7 Å². The van der Waals surface area contributed by atoms with Crippen LogP contribution in [0.15, 0.2) is 24.3 Å². The molecule has 1 aliphatic carbocycles. The number of hydrogen-bond acceptors (Lipinski definition) is 5.